The predicted molar refractivity (Wildman–Crippen MR) is 67.0 cm³/mol. The highest BCUT2D eigenvalue weighted by Crippen LogP contribution is 2.30. The summed E-state index contributed by atoms with van der Waals surface area (Å²) in [6.07, 6.45) is 0. The molecule has 0 atom stereocenters. The molecule has 82 valence electrons. The Hall–Kier alpha value is -1.48. The molecule has 0 amide bonds. The molecule has 0 saturated carbocycles. The van der Waals surface area contributed by atoms with E-state index >= 15 is 0 Å². The normalized spacial score (nSPS) is 10.4. The smallest absolute Gasteiger partial charge is 0.179 e. The van der Waals surface area contributed by atoms with Gasteiger partial charge < -0.3 is 0 Å². The number of thiazole rings is 1. The van der Waals surface area contributed by atoms with Gasteiger partial charge >= 0.3 is 0 Å². The molecule has 0 radical (unpaired) electrons. The molecular weight excluding hydrogens is 218 g/mol. The average Bonchev–Trinajstić information content (AvgIpc) is 2.61. The summed E-state index contributed by atoms with van der Waals surface area (Å²) in [5, 5.41) is 0.931. The summed E-state index contributed by atoms with van der Waals surface area (Å²) in [6.45, 7) is 5.54. The molecule has 0 aliphatic carbocycles. The molecule has 0 aliphatic rings. The fraction of sp³-hybridized carbons (Fsp3) is 0.231. The van der Waals surface area contributed by atoms with Crippen LogP contribution in [0.4, 0.5) is 0 Å². The first-order chi connectivity index (χ1) is 7.58. The number of Topliss-reactive ketones (excluding diaryl/α,β-unsaturated/α-hetero) is 1. The van der Waals surface area contributed by atoms with Gasteiger partial charge in [0.25, 0.3) is 0 Å². The number of aryl methyl sites for hydroxylation is 2. The van der Waals surface area contributed by atoms with Crippen LogP contribution in [0.5, 0.6) is 0 Å². The Labute approximate surface area is 99.0 Å². The molecule has 0 bridgehead atoms. The van der Waals surface area contributed by atoms with E-state index in [2.05, 4.69) is 4.98 Å². The van der Waals surface area contributed by atoms with Crippen molar-refractivity contribution in [3.8, 4) is 10.4 Å². The van der Waals surface area contributed by atoms with Crippen molar-refractivity contribution in [2.45, 2.75) is 20.8 Å². The summed E-state index contributed by atoms with van der Waals surface area (Å²) in [5.74, 6) is 0.0277. The molecular formula is C13H13NOS. The first-order valence-corrected chi connectivity index (χ1v) is 5.95. The molecule has 0 aliphatic heterocycles. The first kappa shape index (κ1) is 11.0. The van der Waals surface area contributed by atoms with Gasteiger partial charge in [-0.1, -0.05) is 29.8 Å². The van der Waals surface area contributed by atoms with E-state index < -0.39 is 0 Å². The van der Waals surface area contributed by atoms with Gasteiger partial charge in [-0.15, -0.1) is 11.3 Å². The molecule has 3 heteroatoms. The molecule has 1 heterocycles. The van der Waals surface area contributed by atoms with Crippen molar-refractivity contribution in [1.82, 2.24) is 4.98 Å². The Morgan fingerprint density at radius 2 is 1.81 bits per heavy atom. The Balaban J connectivity index is 2.55. The second-order valence-electron chi connectivity index (χ2n) is 3.83. The summed E-state index contributed by atoms with van der Waals surface area (Å²) in [6, 6.07) is 8.17. The molecule has 1 aromatic carbocycles. The summed E-state index contributed by atoms with van der Waals surface area (Å²) < 4.78 is 0. The van der Waals surface area contributed by atoms with Gasteiger partial charge in [-0.3, -0.25) is 4.79 Å². The Morgan fingerprint density at radius 3 is 2.38 bits per heavy atom. The number of nitrogens with zero attached hydrogens (tertiary/aromatic N) is 1. The zero-order chi connectivity index (χ0) is 11.7. The van der Waals surface area contributed by atoms with Gasteiger partial charge in [0.2, 0.25) is 0 Å². The monoisotopic (exact) mass is 231 g/mol. The van der Waals surface area contributed by atoms with E-state index in [0.717, 1.165) is 15.4 Å². The number of benzene rings is 1. The summed E-state index contributed by atoms with van der Waals surface area (Å²) >= 11 is 1.57. The van der Waals surface area contributed by atoms with Crippen molar-refractivity contribution >= 4 is 17.1 Å². The lowest BCUT2D eigenvalue weighted by atomic mass is 10.1. The zero-order valence-corrected chi connectivity index (χ0v) is 10.4. The van der Waals surface area contributed by atoms with Crippen LogP contribution in [-0.4, -0.2) is 10.8 Å². The maximum absolute atomic E-state index is 11.5. The predicted octanol–water partition coefficient (Wildman–Crippen LogP) is 3.63. The minimum absolute atomic E-state index is 0.0277. The SMILES string of the molecule is CC(=O)c1nc(C)sc1-c1ccc(C)cc1. The van der Waals surface area contributed by atoms with E-state index in [1.165, 1.54) is 5.56 Å². The number of aromatic nitrogens is 1. The van der Waals surface area contributed by atoms with Gasteiger partial charge in [0.15, 0.2) is 5.78 Å². The molecule has 0 N–H and O–H groups in total. The van der Waals surface area contributed by atoms with E-state index in [9.17, 15) is 4.79 Å². The fourth-order valence-corrected chi connectivity index (χ4v) is 2.54. The van der Waals surface area contributed by atoms with Crippen molar-refractivity contribution in [3.63, 3.8) is 0 Å². The van der Waals surface area contributed by atoms with Crippen LogP contribution in [0, 0.1) is 13.8 Å². The highest BCUT2D eigenvalue weighted by molar-refractivity contribution is 7.15. The standard InChI is InChI=1S/C13H13NOS/c1-8-4-6-11(7-5-8)13-12(9(2)15)14-10(3)16-13/h4-7H,1-3H3. The zero-order valence-electron chi connectivity index (χ0n) is 9.57. The second-order valence-corrected chi connectivity index (χ2v) is 5.04. The lowest BCUT2D eigenvalue weighted by molar-refractivity contribution is 0.101. The topological polar surface area (TPSA) is 30.0 Å². The molecule has 16 heavy (non-hydrogen) atoms. The fourth-order valence-electron chi connectivity index (χ4n) is 1.57. The van der Waals surface area contributed by atoms with Crippen LogP contribution in [0.2, 0.25) is 0 Å². The first-order valence-electron chi connectivity index (χ1n) is 5.13. The van der Waals surface area contributed by atoms with Gasteiger partial charge in [0.05, 0.1) is 9.88 Å². The lowest BCUT2D eigenvalue weighted by Crippen LogP contribution is -1.94. The molecule has 0 unspecified atom stereocenters. The number of carbonyl (C=O) groups is 1. The number of carbonyl (C=O) groups excluding carboxylic acids is 1. The maximum atomic E-state index is 11.5. The van der Waals surface area contributed by atoms with Crippen LogP contribution in [0.3, 0.4) is 0 Å². The third-order valence-corrected chi connectivity index (χ3v) is 3.40. The Morgan fingerprint density at radius 1 is 1.19 bits per heavy atom. The van der Waals surface area contributed by atoms with Gasteiger partial charge in [0.1, 0.15) is 5.69 Å². The highest BCUT2D eigenvalue weighted by Gasteiger charge is 2.14. The van der Waals surface area contributed by atoms with Crippen LogP contribution in [0.1, 0.15) is 28.0 Å². The minimum atomic E-state index is 0.0277. The van der Waals surface area contributed by atoms with Crippen LogP contribution in [0.15, 0.2) is 24.3 Å². The van der Waals surface area contributed by atoms with E-state index in [4.69, 9.17) is 0 Å². The van der Waals surface area contributed by atoms with Crippen molar-refractivity contribution < 1.29 is 4.79 Å². The van der Waals surface area contributed by atoms with Gasteiger partial charge in [-0.2, -0.15) is 0 Å². The molecule has 2 aromatic rings. The van der Waals surface area contributed by atoms with Crippen molar-refractivity contribution in [3.05, 3.63) is 40.5 Å². The third-order valence-electron chi connectivity index (χ3n) is 2.38. The van der Waals surface area contributed by atoms with Crippen LogP contribution in [-0.2, 0) is 0 Å². The highest BCUT2D eigenvalue weighted by atomic mass is 32.1. The molecule has 2 nitrogen and oxygen atoms in total. The van der Waals surface area contributed by atoms with Gasteiger partial charge in [-0.05, 0) is 19.4 Å². The van der Waals surface area contributed by atoms with E-state index in [1.807, 2.05) is 38.1 Å². The molecule has 2 rings (SSSR count). The van der Waals surface area contributed by atoms with Crippen LogP contribution in [0.25, 0.3) is 10.4 Å². The molecule has 0 saturated heterocycles. The average molecular weight is 231 g/mol. The van der Waals surface area contributed by atoms with Gasteiger partial charge in [0, 0.05) is 6.92 Å². The summed E-state index contributed by atoms with van der Waals surface area (Å²) in [5.41, 5.74) is 2.88. The van der Waals surface area contributed by atoms with Gasteiger partial charge in [-0.25, -0.2) is 4.98 Å². The summed E-state index contributed by atoms with van der Waals surface area (Å²) in [4.78, 5) is 16.7. The van der Waals surface area contributed by atoms with Crippen molar-refractivity contribution in [2.75, 3.05) is 0 Å². The van der Waals surface area contributed by atoms with Crippen molar-refractivity contribution in [2.24, 2.45) is 0 Å². The summed E-state index contributed by atoms with van der Waals surface area (Å²) in [7, 11) is 0. The minimum Gasteiger partial charge on any atom is -0.293 e. The van der Waals surface area contributed by atoms with Crippen molar-refractivity contribution in [1.29, 1.82) is 0 Å². The largest absolute Gasteiger partial charge is 0.293 e. The second kappa shape index (κ2) is 4.18. The number of ketones is 1. The van der Waals surface area contributed by atoms with E-state index in [0.29, 0.717) is 5.69 Å². The van der Waals surface area contributed by atoms with E-state index in [-0.39, 0.29) is 5.78 Å². The third kappa shape index (κ3) is 2.04. The van der Waals surface area contributed by atoms with Crippen LogP contribution < -0.4 is 0 Å². The lowest BCUT2D eigenvalue weighted by Gasteiger charge is -2.00. The Bertz CT molecular complexity index is 525. The molecule has 0 fully saturated rings. The van der Waals surface area contributed by atoms with Crippen LogP contribution >= 0.6 is 11.3 Å². The van der Waals surface area contributed by atoms with E-state index in [1.54, 1.807) is 18.3 Å². The molecule has 0 spiro atoms. The number of hydrogen-bond donors (Lipinski definition) is 0. The quantitative estimate of drug-likeness (QED) is 0.739. The Kier molecular flexibility index (Phi) is 2.88. The number of rotatable bonds is 2. The molecule has 1 aromatic heterocycles. The maximum Gasteiger partial charge on any atom is 0.179 e. The number of hydrogen-bond acceptors (Lipinski definition) is 3.